The third-order valence-electron chi connectivity index (χ3n) is 3.95. The number of carbonyl (C=O) groups excluding carboxylic acids is 3. The number of likely N-dealkylation sites (N-methyl/N-ethyl adjacent to an activating group) is 1. The summed E-state index contributed by atoms with van der Waals surface area (Å²) in [4.78, 5) is 33.8. The molecule has 0 atom stereocenters. The first-order valence-electron chi connectivity index (χ1n) is 8.30. The van der Waals surface area contributed by atoms with Crippen LogP contribution in [0.25, 0.3) is 0 Å². The number of quaternary nitrogens is 1. The average molecular weight is 432 g/mol. The highest BCUT2D eigenvalue weighted by Gasteiger charge is 2.18. The van der Waals surface area contributed by atoms with Crippen molar-refractivity contribution in [3.63, 3.8) is 0 Å². The standard InChI is InChI=1S/C21H22NO4.BrH/c1-22(2,12-14-26-20(24)11-13-23)16-17-7-6-10-19(15-17)21(25)18-8-4-3-5-9-18;/h3-11,15H,12,14,16H2,1-2H3;1H/q+1;/p-1. The molecule has 0 heterocycles. The van der Waals surface area contributed by atoms with Crippen molar-refractivity contribution in [1.82, 2.24) is 0 Å². The van der Waals surface area contributed by atoms with Crippen LogP contribution in [0.2, 0.25) is 0 Å². The van der Waals surface area contributed by atoms with Crippen molar-refractivity contribution < 1.29 is 40.6 Å². The van der Waals surface area contributed by atoms with Crippen molar-refractivity contribution in [2.45, 2.75) is 6.54 Å². The van der Waals surface area contributed by atoms with Crippen molar-refractivity contribution in [2.24, 2.45) is 0 Å². The second-order valence-electron chi connectivity index (χ2n) is 6.64. The lowest BCUT2D eigenvalue weighted by Gasteiger charge is -2.29. The predicted octanol–water partition coefficient (Wildman–Crippen LogP) is -0.571. The average Bonchev–Trinajstić information content (AvgIpc) is 2.61. The summed E-state index contributed by atoms with van der Waals surface area (Å²) in [7, 11) is 4.02. The topological polar surface area (TPSA) is 60.4 Å². The fraction of sp³-hybridized carbons (Fsp3) is 0.238. The number of nitrogens with zero attached hydrogens (tertiary/aromatic N) is 1. The number of benzene rings is 2. The van der Waals surface area contributed by atoms with Crippen LogP contribution in [0.1, 0.15) is 21.5 Å². The van der Waals surface area contributed by atoms with Gasteiger partial charge in [0.05, 0.1) is 14.1 Å². The number of esters is 1. The summed E-state index contributed by atoms with van der Waals surface area (Å²) in [6.07, 6.45) is 0.735. The highest BCUT2D eigenvalue weighted by Crippen LogP contribution is 2.15. The number of carbonyl (C=O) groups is 2. The first-order chi connectivity index (χ1) is 12.4. The summed E-state index contributed by atoms with van der Waals surface area (Å²) in [5, 5.41) is 0. The molecule has 0 N–H and O–H groups in total. The molecular weight excluding hydrogens is 410 g/mol. The van der Waals surface area contributed by atoms with Crippen molar-refractivity contribution >= 4 is 17.7 Å². The van der Waals surface area contributed by atoms with E-state index in [1.54, 1.807) is 12.1 Å². The zero-order valence-corrected chi connectivity index (χ0v) is 16.9. The van der Waals surface area contributed by atoms with E-state index in [0.717, 1.165) is 11.6 Å². The van der Waals surface area contributed by atoms with Crippen LogP contribution >= 0.6 is 0 Å². The molecule has 2 aromatic rings. The lowest BCUT2D eigenvalue weighted by Crippen LogP contribution is -3.00. The molecule has 2 aromatic carbocycles. The number of ketones is 1. The number of hydrogen-bond acceptors (Lipinski definition) is 4. The Labute approximate surface area is 169 Å². The maximum Gasteiger partial charge on any atom is 0.342 e. The van der Waals surface area contributed by atoms with Crippen LogP contribution in [0.5, 0.6) is 0 Å². The molecule has 6 heteroatoms. The number of hydrogen-bond donors (Lipinski definition) is 0. The molecule has 0 bridgehead atoms. The Bertz CT molecular complexity index is 827. The van der Waals surface area contributed by atoms with Crippen LogP contribution in [0, 0.1) is 0 Å². The van der Waals surface area contributed by atoms with Crippen LogP contribution < -0.4 is 17.0 Å². The molecule has 0 amide bonds. The first-order valence-corrected chi connectivity index (χ1v) is 8.30. The molecule has 0 aliphatic rings. The van der Waals surface area contributed by atoms with Gasteiger partial charge >= 0.3 is 5.97 Å². The van der Waals surface area contributed by atoms with Crippen LogP contribution in [0.4, 0.5) is 0 Å². The molecule has 0 aromatic heterocycles. The van der Waals surface area contributed by atoms with Crippen molar-refractivity contribution in [3.8, 4) is 0 Å². The normalized spacial score (nSPS) is 10.3. The maximum atomic E-state index is 12.6. The van der Waals surface area contributed by atoms with Gasteiger partial charge in [0.25, 0.3) is 0 Å². The van der Waals surface area contributed by atoms with E-state index in [-0.39, 0.29) is 29.4 Å². The van der Waals surface area contributed by atoms with Gasteiger partial charge in [-0.05, 0) is 6.07 Å². The Kier molecular flexibility index (Phi) is 8.82. The molecule has 0 radical (unpaired) electrons. The van der Waals surface area contributed by atoms with Crippen molar-refractivity contribution in [1.29, 1.82) is 0 Å². The zero-order valence-electron chi connectivity index (χ0n) is 15.4. The second-order valence-corrected chi connectivity index (χ2v) is 6.64. The van der Waals surface area contributed by atoms with E-state index in [4.69, 9.17) is 4.74 Å². The molecule has 0 aliphatic heterocycles. The van der Waals surface area contributed by atoms with E-state index >= 15 is 0 Å². The van der Waals surface area contributed by atoms with Gasteiger partial charge in [0, 0.05) is 16.7 Å². The third-order valence-corrected chi connectivity index (χ3v) is 3.95. The molecule has 0 fully saturated rings. The predicted molar refractivity (Wildman–Crippen MR) is 98.2 cm³/mol. The summed E-state index contributed by atoms with van der Waals surface area (Å²) in [5.41, 5.74) is 2.33. The summed E-state index contributed by atoms with van der Waals surface area (Å²) in [6, 6.07) is 16.7. The summed E-state index contributed by atoms with van der Waals surface area (Å²) in [5.74, 6) is 0.707. The van der Waals surface area contributed by atoms with E-state index in [9.17, 15) is 14.4 Å². The number of rotatable bonds is 8. The Morgan fingerprint density at radius 3 is 2.37 bits per heavy atom. The maximum absolute atomic E-state index is 12.6. The minimum absolute atomic E-state index is 0. The van der Waals surface area contributed by atoms with Gasteiger partial charge in [-0.3, -0.25) is 4.79 Å². The summed E-state index contributed by atoms with van der Waals surface area (Å²) >= 11 is 0. The van der Waals surface area contributed by atoms with Gasteiger partial charge in [0.15, 0.2) is 5.78 Å². The largest absolute Gasteiger partial charge is 1.00 e. The first kappa shape index (κ1) is 22.5. The zero-order chi connectivity index (χ0) is 19.0. The summed E-state index contributed by atoms with van der Waals surface area (Å²) in [6.45, 7) is 1.46. The van der Waals surface area contributed by atoms with E-state index in [0.29, 0.717) is 28.7 Å². The van der Waals surface area contributed by atoms with Gasteiger partial charge in [0.1, 0.15) is 31.7 Å². The Hall–Kier alpha value is -2.53. The Balaban J connectivity index is 0.00000364. The minimum Gasteiger partial charge on any atom is -1.00 e. The molecular formula is C21H22BrNO4. The molecule has 0 unspecified atom stereocenters. The molecule has 0 saturated heterocycles. The second kappa shape index (κ2) is 10.6. The minimum atomic E-state index is -0.685. The molecule has 0 aliphatic carbocycles. The number of halogens is 1. The number of ether oxygens (including phenoxy) is 1. The summed E-state index contributed by atoms with van der Waals surface area (Å²) < 4.78 is 5.52. The van der Waals surface area contributed by atoms with Crippen LogP contribution in [-0.4, -0.2) is 49.4 Å². The molecule has 142 valence electrons. The van der Waals surface area contributed by atoms with Gasteiger partial charge in [-0.1, -0.05) is 48.5 Å². The highest BCUT2D eigenvalue weighted by molar-refractivity contribution is 6.09. The Morgan fingerprint density at radius 2 is 1.70 bits per heavy atom. The van der Waals surface area contributed by atoms with Gasteiger partial charge in [-0.15, -0.1) is 0 Å². The van der Waals surface area contributed by atoms with E-state index in [2.05, 4.69) is 0 Å². The molecule has 27 heavy (non-hydrogen) atoms. The smallest absolute Gasteiger partial charge is 0.342 e. The van der Waals surface area contributed by atoms with Crippen molar-refractivity contribution in [2.75, 3.05) is 27.2 Å². The quantitative estimate of drug-likeness (QED) is 0.184. The van der Waals surface area contributed by atoms with Crippen LogP contribution in [0.3, 0.4) is 0 Å². The van der Waals surface area contributed by atoms with Gasteiger partial charge < -0.3 is 26.2 Å². The van der Waals surface area contributed by atoms with Crippen LogP contribution in [0.15, 0.2) is 60.7 Å². The molecule has 5 nitrogen and oxygen atoms in total. The van der Waals surface area contributed by atoms with Gasteiger partial charge in [0.2, 0.25) is 0 Å². The monoisotopic (exact) mass is 431 g/mol. The molecule has 0 spiro atoms. The highest BCUT2D eigenvalue weighted by atomic mass is 79.9. The van der Waals surface area contributed by atoms with E-state index < -0.39 is 5.97 Å². The SMILES string of the molecule is C[N+](C)(CCOC(=O)C=C=O)Cc1cccc(C(=O)c2ccccc2)c1.[Br-]. The fourth-order valence-electron chi connectivity index (χ4n) is 2.62. The fourth-order valence-corrected chi connectivity index (χ4v) is 2.62. The van der Waals surface area contributed by atoms with Gasteiger partial charge in [-0.25, -0.2) is 9.59 Å². The Morgan fingerprint density at radius 1 is 1.04 bits per heavy atom. The molecule has 2 rings (SSSR count). The van der Waals surface area contributed by atoms with E-state index in [1.165, 1.54) is 5.94 Å². The van der Waals surface area contributed by atoms with Crippen LogP contribution in [-0.2, 0) is 20.9 Å². The van der Waals surface area contributed by atoms with Gasteiger partial charge in [-0.2, -0.15) is 0 Å². The van der Waals surface area contributed by atoms with E-state index in [1.807, 2.05) is 56.6 Å². The third kappa shape index (κ3) is 7.31. The lowest BCUT2D eigenvalue weighted by atomic mass is 10.0. The molecule has 0 saturated carbocycles. The van der Waals surface area contributed by atoms with Crippen molar-refractivity contribution in [3.05, 3.63) is 77.4 Å². The lowest BCUT2D eigenvalue weighted by molar-refractivity contribution is -0.903.